The molecule has 8 atom stereocenters. The average Bonchev–Trinajstić information content (AvgIpc) is 2.77. The molecular weight excluding hydrogens is 440 g/mol. The molecule has 3 rings (SSSR count). The largest absolute Gasteiger partial charge is 0.473 e. The summed E-state index contributed by atoms with van der Waals surface area (Å²) >= 11 is 0. The van der Waals surface area contributed by atoms with Gasteiger partial charge in [-0.1, -0.05) is 32.3 Å². The second kappa shape index (κ2) is 12.3. The molecule has 9 nitrogen and oxygen atoms in total. The Kier molecular flexibility index (Phi) is 10.3. The predicted molar refractivity (Wildman–Crippen MR) is 128 cm³/mol. The number of nitrogens with zero attached hydrogens (tertiary/aromatic N) is 1. The Labute approximate surface area is 202 Å². The predicted octanol–water partition coefficient (Wildman–Crippen LogP) is 2.87. The van der Waals surface area contributed by atoms with E-state index in [9.17, 15) is 10.2 Å². The van der Waals surface area contributed by atoms with Crippen LogP contribution in [-0.4, -0.2) is 63.9 Å². The third kappa shape index (κ3) is 6.49. The lowest BCUT2D eigenvalue weighted by Crippen LogP contribution is -2.57. The van der Waals surface area contributed by atoms with Crippen LogP contribution in [0.5, 0.6) is 0 Å². The van der Waals surface area contributed by atoms with E-state index >= 15 is 0 Å². The fourth-order valence-corrected chi connectivity index (χ4v) is 7.10. The number of hydrogen-bond acceptors (Lipinski definition) is 7. The molecular formula is C25H44N2O7. The quantitative estimate of drug-likeness (QED) is 0.159. The first kappa shape index (κ1) is 28.5. The van der Waals surface area contributed by atoms with Gasteiger partial charge in [0.2, 0.25) is 0 Å². The first-order valence-electron chi connectivity index (χ1n) is 12.7. The molecule has 1 unspecified atom stereocenters. The maximum Gasteiger partial charge on any atom is 0.414 e. The molecule has 3 fully saturated rings. The number of oxime groups is 1. The molecule has 0 radical (unpaired) electrons. The van der Waals surface area contributed by atoms with Crippen LogP contribution in [0.15, 0.2) is 5.16 Å². The number of hydrogen-bond donors (Lipinski definition) is 5. The van der Waals surface area contributed by atoms with E-state index in [-0.39, 0.29) is 29.0 Å². The van der Waals surface area contributed by atoms with Gasteiger partial charge >= 0.3 is 11.9 Å². The topological polar surface area (TPSA) is 163 Å². The van der Waals surface area contributed by atoms with Crippen molar-refractivity contribution in [1.29, 1.82) is 0 Å². The molecule has 0 heterocycles. The summed E-state index contributed by atoms with van der Waals surface area (Å²) in [5, 5.41) is 40.8. The number of fused-ring (bicyclic) bond motifs is 3. The van der Waals surface area contributed by atoms with Crippen LogP contribution in [0.1, 0.15) is 78.6 Å². The summed E-state index contributed by atoms with van der Waals surface area (Å²) in [7, 11) is 0. The van der Waals surface area contributed by atoms with Crippen LogP contribution in [-0.2, 0) is 14.4 Å². The highest BCUT2D eigenvalue weighted by Gasteiger charge is 2.57. The number of rotatable bonds is 7. The van der Waals surface area contributed by atoms with E-state index in [1.807, 2.05) is 6.21 Å². The Balaban J connectivity index is 0.000000604. The van der Waals surface area contributed by atoms with Gasteiger partial charge in [-0.05, 0) is 85.9 Å². The van der Waals surface area contributed by atoms with E-state index in [0.717, 1.165) is 51.4 Å². The number of carboxylic acids is 2. The first-order valence-corrected chi connectivity index (χ1v) is 12.7. The molecule has 3 aliphatic carbocycles. The minimum Gasteiger partial charge on any atom is -0.473 e. The van der Waals surface area contributed by atoms with Crippen molar-refractivity contribution in [2.45, 2.75) is 90.8 Å². The zero-order valence-electron chi connectivity index (χ0n) is 20.9. The summed E-state index contributed by atoms with van der Waals surface area (Å²) in [6.07, 6.45) is 10.9. The lowest BCUT2D eigenvalue weighted by Gasteiger charge is -2.61. The van der Waals surface area contributed by atoms with Gasteiger partial charge in [-0.2, -0.15) is 0 Å². The van der Waals surface area contributed by atoms with Crippen molar-refractivity contribution in [3.63, 3.8) is 0 Å². The lowest BCUT2D eigenvalue weighted by atomic mass is 9.45. The van der Waals surface area contributed by atoms with Crippen LogP contribution in [0, 0.1) is 34.5 Å². The van der Waals surface area contributed by atoms with E-state index in [2.05, 4.69) is 25.9 Å². The molecule has 3 saturated carbocycles. The third-order valence-electron chi connectivity index (χ3n) is 8.83. The standard InChI is InChI=1S/C23H42N2O3.C2H2O4/c1-4-9-22(2)10-7-19-18(21(22)27)6-5-17-14-20(26)16(15-23(17,19)3)8-12-25-28-13-11-24;3-1(4)2(5)6/h12,16-21,26-27H,4-11,13-15,24H2,1-3H3;(H,3,4)(H,5,6)/b25-12+;/t16?,17-,18-,19+,20-,21+,22+,23+;/m1./s1. The molecule has 3 aliphatic rings. The third-order valence-corrected chi connectivity index (χ3v) is 8.83. The second-order valence-corrected chi connectivity index (χ2v) is 11.0. The fraction of sp³-hybridized carbons (Fsp3) is 0.880. The normalized spacial score (nSPS) is 39.4. The van der Waals surface area contributed by atoms with Gasteiger partial charge in [0, 0.05) is 12.8 Å². The molecule has 9 heteroatoms. The summed E-state index contributed by atoms with van der Waals surface area (Å²) in [4.78, 5) is 23.3. The van der Waals surface area contributed by atoms with Crippen LogP contribution in [0.4, 0.5) is 0 Å². The first-order chi connectivity index (χ1) is 16.0. The highest BCUT2D eigenvalue weighted by molar-refractivity contribution is 6.27. The number of carboxylic acid groups (broad SMARTS) is 2. The molecule has 0 amide bonds. The summed E-state index contributed by atoms with van der Waals surface area (Å²) in [6, 6.07) is 0. The van der Waals surface area contributed by atoms with Crippen molar-refractivity contribution in [3.8, 4) is 0 Å². The smallest absolute Gasteiger partial charge is 0.414 e. The van der Waals surface area contributed by atoms with Crippen LogP contribution in [0.2, 0.25) is 0 Å². The Bertz CT molecular complexity index is 705. The van der Waals surface area contributed by atoms with Gasteiger partial charge in [0.1, 0.15) is 6.61 Å². The van der Waals surface area contributed by atoms with Crippen LogP contribution in [0.3, 0.4) is 0 Å². The molecule has 0 aromatic carbocycles. The van der Waals surface area contributed by atoms with Crippen molar-refractivity contribution in [3.05, 3.63) is 0 Å². The molecule has 34 heavy (non-hydrogen) atoms. The minimum absolute atomic E-state index is 0.0830. The molecule has 0 aromatic rings. The van der Waals surface area contributed by atoms with Crippen molar-refractivity contribution in [2.24, 2.45) is 45.4 Å². The minimum atomic E-state index is -1.82. The molecule has 0 bridgehead atoms. The van der Waals surface area contributed by atoms with E-state index in [4.69, 9.17) is 30.4 Å². The van der Waals surface area contributed by atoms with Gasteiger partial charge in [0.05, 0.1) is 12.2 Å². The van der Waals surface area contributed by atoms with Crippen molar-refractivity contribution in [1.82, 2.24) is 0 Å². The number of aliphatic hydroxyl groups excluding tert-OH is 2. The van der Waals surface area contributed by atoms with Gasteiger partial charge in [-0.15, -0.1) is 0 Å². The highest BCUT2D eigenvalue weighted by atomic mass is 16.6. The van der Waals surface area contributed by atoms with Crippen LogP contribution in [0.25, 0.3) is 0 Å². The Hall–Kier alpha value is -1.71. The molecule has 0 saturated heterocycles. The summed E-state index contributed by atoms with van der Waals surface area (Å²) < 4.78 is 0. The van der Waals surface area contributed by atoms with Gasteiger partial charge in [-0.3, -0.25) is 0 Å². The molecule has 6 N–H and O–H groups in total. The number of aliphatic hydroxyl groups is 2. The Morgan fingerprint density at radius 1 is 1.15 bits per heavy atom. The molecule has 0 spiro atoms. The number of aliphatic carboxylic acids is 2. The number of carbonyl (C=O) groups is 2. The molecule has 0 aliphatic heterocycles. The van der Waals surface area contributed by atoms with E-state index in [1.165, 1.54) is 6.42 Å². The zero-order valence-corrected chi connectivity index (χ0v) is 20.9. The Morgan fingerprint density at radius 3 is 2.41 bits per heavy atom. The maximum atomic E-state index is 11.3. The van der Waals surface area contributed by atoms with E-state index in [0.29, 0.717) is 30.9 Å². The highest BCUT2D eigenvalue weighted by Crippen LogP contribution is 2.62. The molecule has 196 valence electrons. The van der Waals surface area contributed by atoms with Crippen LogP contribution < -0.4 is 5.73 Å². The SMILES string of the molecule is CCC[C@@]1(C)CC[C@H]2[C@@H](CC[C@@H]3C[C@@H](O)C(C/C=N/OCCN)C[C@@]32C)[C@@H]1O.O=C(O)C(=O)O. The van der Waals surface area contributed by atoms with Gasteiger partial charge in [-0.25, -0.2) is 9.59 Å². The monoisotopic (exact) mass is 484 g/mol. The average molecular weight is 485 g/mol. The summed E-state index contributed by atoms with van der Waals surface area (Å²) in [6.45, 7) is 7.88. The summed E-state index contributed by atoms with van der Waals surface area (Å²) in [5.41, 5.74) is 5.72. The maximum absolute atomic E-state index is 11.3. The lowest BCUT2D eigenvalue weighted by molar-refractivity contribution is -0.167. The van der Waals surface area contributed by atoms with Crippen molar-refractivity contribution >= 4 is 18.2 Å². The molecule has 0 aromatic heterocycles. The Morgan fingerprint density at radius 2 is 1.82 bits per heavy atom. The van der Waals surface area contributed by atoms with Crippen molar-refractivity contribution in [2.75, 3.05) is 13.2 Å². The zero-order chi connectivity index (χ0) is 25.5. The summed E-state index contributed by atoms with van der Waals surface area (Å²) in [5.74, 6) is -1.85. The van der Waals surface area contributed by atoms with Gasteiger partial charge in [0.25, 0.3) is 0 Å². The van der Waals surface area contributed by atoms with Crippen molar-refractivity contribution < 1.29 is 34.9 Å². The van der Waals surface area contributed by atoms with Gasteiger partial charge < -0.3 is 31.0 Å². The second-order valence-electron chi connectivity index (χ2n) is 11.0. The van der Waals surface area contributed by atoms with E-state index < -0.39 is 11.9 Å². The van der Waals surface area contributed by atoms with E-state index in [1.54, 1.807) is 0 Å². The fourth-order valence-electron chi connectivity index (χ4n) is 7.10. The van der Waals surface area contributed by atoms with Crippen LogP contribution >= 0.6 is 0 Å². The van der Waals surface area contributed by atoms with Gasteiger partial charge in [0.15, 0.2) is 0 Å². The number of nitrogens with two attached hydrogens (primary N) is 1.